The average molecular weight is 190 g/mol. The van der Waals surface area contributed by atoms with E-state index in [4.69, 9.17) is 21.1 Å². The van der Waals surface area contributed by atoms with E-state index in [-0.39, 0.29) is 17.5 Å². The minimum Gasteiger partial charge on any atom is -0.454 e. The van der Waals surface area contributed by atoms with Crippen molar-refractivity contribution in [2.75, 3.05) is 7.11 Å². The Morgan fingerprint density at radius 2 is 2.42 bits per heavy atom. The van der Waals surface area contributed by atoms with Crippen LogP contribution in [-0.2, 0) is 9.47 Å². The number of nitrogens with zero attached hydrogens (tertiary/aromatic N) is 1. The van der Waals surface area contributed by atoms with Crippen LogP contribution in [-0.4, -0.2) is 30.7 Å². The van der Waals surface area contributed by atoms with Crippen LogP contribution < -0.4 is 0 Å². The van der Waals surface area contributed by atoms with Crippen LogP contribution in [0.3, 0.4) is 0 Å². The van der Waals surface area contributed by atoms with Gasteiger partial charge in [0.15, 0.2) is 0 Å². The quantitative estimate of drug-likeness (QED) is 0.542. The lowest BCUT2D eigenvalue weighted by molar-refractivity contribution is 0.117. The van der Waals surface area contributed by atoms with E-state index in [1.54, 1.807) is 7.11 Å². The molecular formula is C8H12ClNO2. The Labute approximate surface area is 76.7 Å². The van der Waals surface area contributed by atoms with Gasteiger partial charge in [0.2, 0.25) is 0 Å². The predicted molar refractivity (Wildman–Crippen MR) is 46.6 cm³/mol. The number of halogens is 1. The Balaban J connectivity index is 2.00. The number of alkyl halides is 1. The van der Waals surface area contributed by atoms with E-state index >= 15 is 0 Å². The van der Waals surface area contributed by atoms with Crippen molar-refractivity contribution in [1.29, 1.82) is 0 Å². The third kappa shape index (κ3) is 1.38. The molecule has 0 bridgehead atoms. The van der Waals surface area contributed by atoms with Gasteiger partial charge in [-0.15, -0.1) is 11.6 Å². The molecule has 4 heteroatoms. The second-order valence-corrected chi connectivity index (χ2v) is 3.85. The first-order valence-corrected chi connectivity index (χ1v) is 4.65. The fraction of sp³-hybridized carbons (Fsp3) is 0.875. The lowest BCUT2D eigenvalue weighted by Crippen LogP contribution is -2.31. The topological polar surface area (TPSA) is 30.8 Å². The molecule has 0 amide bonds. The standard InChI is InChI=1S/C8H12ClNO2/c1-11-8-10-6-3-2-5(9)4-7(6)12-8/h5-7H,2-4H2,1H3. The van der Waals surface area contributed by atoms with Crippen molar-refractivity contribution in [2.45, 2.75) is 36.8 Å². The van der Waals surface area contributed by atoms with E-state index in [1.807, 2.05) is 0 Å². The number of hydrogen-bond donors (Lipinski definition) is 0. The fourth-order valence-electron chi connectivity index (χ4n) is 1.73. The van der Waals surface area contributed by atoms with E-state index in [1.165, 1.54) is 0 Å². The van der Waals surface area contributed by atoms with Crippen LogP contribution in [0.4, 0.5) is 0 Å². The van der Waals surface area contributed by atoms with Crippen molar-refractivity contribution in [3.8, 4) is 0 Å². The van der Waals surface area contributed by atoms with Gasteiger partial charge in [-0.2, -0.15) is 0 Å². The van der Waals surface area contributed by atoms with E-state index in [9.17, 15) is 0 Å². The first-order valence-electron chi connectivity index (χ1n) is 4.22. The summed E-state index contributed by atoms with van der Waals surface area (Å²) in [4.78, 5) is 4.28. The minimum absolute atomic E-state index is 0.163. The number of rotatable bonds is 0. The summed E-state index contributed by atoms with van der Waals surface area (Å²) in [6, 6.07) is 0.287. The molecule has 0 N–H and O–H groups in total. The maximum absolute atomic E-state index is 6.00. The summed E-state index contributed by atoms with van der Waals surface area (Å²) >= 11 is 6.00. The Morgan fingerprint density at radius 1 is 1.58 bits per heavy atom. The molecule has 1 fully saturated rings. The first kappa shape index (κ1) is 8.17. The van der Waals surface area contributed by atoms with E-state index < -0.39 is 0 Å². The molecule has 12 heavy (non-hydrogen) atoms. The zero-order valence-corrected chi connectivity index (χ0v) is 7.75. The highest BCUT2D eigenvalue weighted by Gasteiger charge is 2.36. The molecule has 1 saturated carbocycles. The summed E-state index contributed by atoms with van der Waals surface area (Å²) in [6.07, 6.45) is 3.54. The smallest absolute Gasteiger partial charge is 0.383 e. The third-order valence-corrected chi connectivity index (χ3v) is 2.79. The van der Waals surface area contributed by atoms with E-state index in [0.29, 0.717) is 6.08 Å². The lowest BCUT2D eigenvalue weighted by Gasteiger charge is -2.25. The summed E-state index contributed by atoms with van der Waals surface area (Å²) in [5.74, 6) is 0. The average Bonchev–Trinajstić information content (AvgIpc) is 2.46. The van der Waals surface area contributed by atoms with Crippen LogP contribution in [0.1, 0.15) is 19.3 Å². The molecule has 0 saturated heterocycles. The number of ether oxygens (including phenoxy) is 2. The number of aliphatic imine (C=N–C) groups is 1. The van der Waals surface area contributed by atoms with Gasteiger partial charge in [0.25, 0.3) is 0 Å². The summed E-state index contributed by atoms with van der Waals surface area (Å²) in [6.45, 7) is 0. The maximum Gasteiger partial charge on any atom is 0.383 e. The highest BCUT2D eigenvalue weighted by Crippen LogP contribution is 2.31. The summed E-state index contributed by atoms with van der Waals surface area (Å²) < 4.78 is 10.4. The molecule has 0 radical (unpaired) electrons. The normalized spacial score (nSPS) is 39.8. The summed E-state index contributed by atoms with van der Waals surface area (Å²) in [7, 11) is 1.58. The van der Waals surface area contributed by atoms with Crippen molar-refractivity contribution >= 4 is 17.7 Å². The summed E-state index contributed by atoms with van der Waals surface area (Å²) in [5.41, 5.74) is 0. The van der Waals surface area contributed by atoms with Gasteiger partial charge in [-0.25, -0.2) is 4.99 Å². The van der Waals surface area contributed by atoms with Gasteiger partial charge in [0.1, 0.15) is 6.10 Å². The second kappa shape index (κ2) is 3.13. The molecule has 2 aliphatic rings. The Hall–Kier alpha value is -0.440. The van der Waals surface area contributed by atoms with Crippen LogP contribution in [0.5, 0.6) is 0 Å². The van der Waals surface area contributed by atoms with Gasteiger partial charge < -0.3 is 9.47 Å². The fourth-order valence-corrected chi connectivity index (χ4v) is 2.04. The van der Waals surface area contributed by atoms with E-state index in [2.05, 4.69) is 4.99 Å². The number of fused-ring (bicyclic) bond motifs is 1. The zero-order valence-electron chi connectivity index (χ0n) is 7.00. The highest BCUT2D eigenvalue weighted by atomic mass is 35.5. The van der Waals surface area contributed by atoms with Crippen molar-refractivity contribution in [3.63, 3.8) is 0 Å². The van der Waals surface area contributed by atoms with Gasteiger partial charge in [-0.1, -0.05) is 0 Å². The molecule has 3 unspecified atom stereocenters. The monoisotopic (exact) mass is 189 g/mol. The molecule has 0 aromatic carbocycles. The molecule has 68 valence electrons. The zero-order chi connectivity index (χ0) is 8.55. The predicted octanol–water partition coefficient (Wildman–Crippen LogP) is 1.55. The van der Waals surface area contributed by atoms with Crippen LogP contribution in [0, 0.1) is 0 Å². The van der Waals surface area contributed by atoms with Crippen molar-refractivity contribution in [1.82, 2.24) is 0 Å². The van der Waals surface area contributed by atoms with Crippen LogP contribution in [0.25, 0.3) is 0 Å². The van der Waals surface area contributed by atoms with Crippen LogP contribution in [0.15, 0.2) is 4.99 Å². The molecule has 1 aliphatic heterocycles. The summed E-state index contributed by atoms with van der Waals surface area (Å²) in [5, 5.41) is 0.248. The Bertz CT molecular complexity index is 207. The second-order valence-electron chi connectivity index (χ2n) is 3.23. The van der Waals surface area contributed by atoms with Gasteiger partial charge in [-0.05, 0) is 12.8 Å². The SMILES string of the molecule is COC1=NC2CCC(Cl)CC2O1. The van der Waals surface area contributed by atoms with Gasteiger partial charge in [0, 0.05) is 11.8 Å². The first-order chi connectivity index (χ1) is 5.79. The largest absolute Gasteiger partial charge is 0.454 e. The molecule has 0 aromatic heterocycles. The van der Waals surface area contributed by atoms with E-state index in [0.717, 1.165) is 19.3 Å². The van der Waals surface area contributed by atoms with Crippen LogP contribution in [0.2, 0.25) is 0 Å². The lowest BCUT2D eigenvalue weighted by atomic mass is 9.93. The van der Waals surface area contributed by atoms with Crippen molar-refractivity contribution in [3.05, 3.63) is 0 Å². The molecule has 1 aliphatic carbocycles. The maximum atomic E-state index is 6.00. The molecule has 3 atom stereocenters. The van der Waals surface area contributed by atoms with Crippen molar-refractivity contribution in [2.24, 2.45) is 4.99 Å². The van der Waals surface area contributed by atoms with Crippen molar-refractivity contribution < 1.29 is 9.47 Å². The Kier molecular flexibility index (Phi) is 2.13. The van der Waals surface area contributed by atoms with Gasteiger partial charge >= 0.3 is 6.08 Å². The molecule has 1 heterocycles. The molecule has 0 aromatic rings. The molecule has 2 rings (SSSR count). The third-order valence-electron chi connectivity index (χ3n) is 2.39. The van der Waals surface area contributed by atoms with Gasteiger partial charge in [0.05, 0.1) is 13.2 Å². The van der Waals surface area contributed by atoms with Crippen LogP contribution >= 0.6 is 11.6 Å². The highest BCUT2D eigenvalue weighted by molar-refractivity contribution is 6.20. The molecule has 3 nitrogen and oxygen atoms in total. The number of hydrogen-bond acceptors (Lipinski definition) is 3. The molecule has 0 spiro atoms. The molecular weight excluding hydrogens is 178 g/mol. The number of methoxy groups -OCH3 is 1. The minimum atomic E-state index is 0.163. The van der Waals surface area contributed by atoms with Gasteiger partial charge in [-0.3, -0.25) is 0 Å². The Morgan fingerprint density at radius 3 is 3.17 bits per heavy atom.